The van der Waals surface area contributed by atoms with Gasteiger partial charge in [0.15, 0.2) is 14.5 Å². The van der Waals surface area contributed by atoms with E-state index < -0.39 is 0 Å². The number of benzene rings is 2. The van der Waals surface area contributed by atoms with Gasteiger partial charge in [-0.05, 0) is 43.3 Å². The number of aryl methyl sites for hydroxylation is 1. The second-order valence-electron chi connectivity index (χ2n) is 5.23. The van der Waals surface area contributed by atoms with E-state index in [1.165, 1.54) is 31.0 Å². The molecule has 100 valence electrons. The Morgan fingerprint density at radius 2 is 1.76 bits per heavy atom. The van der Waals surface area contributed by atoms with Crippen LogP contribution in [0.1, 0.15) is 16.0 Å². The zero-order chi connectivity index (χ0) is 14.2. The van der Waals surface area contributed by atoms with Gasteiger partial charge in [-0.15, -0.1) is 5.73 Å². The molecule has 0 spiro atoms. The molecule has 2 aromatic carbocycles. The third-order valence-electron chi connectivity index (χ3n) is 3.81. The van der Waals surface area contributed by atoms with Crippen molar-refractivity contribution >= 4 is 32.7 Å². The molecule has 0 nitrogen and oxygen atoms in total. The number of fused-ring (bicyclic) bond motifs is 3. The van der Waals surface area contributed by atoms with Crippen LogP contribution in [0.25, 0.3) is 27.1 Å². The largest absolute Gasteiger partial charge is 0.195 e. The Kier molecular flexibility index (Phi) is 2.89. The summed E-state index contributed by atoms with van der Waals surface area (Å²) in [7, 11) is -0.0112. The van der Waals surface area contributed by atoms with E-state index in [0.717, 1.165) is 0 Å². The first-order chi connectivity index (χ1) is 10.3. The van der Waals surface area contributed by atoms with E-state index in [-0.39, 0.29) is 10.5 Å². The Balaban J connectivity index is 2.13. The minimum atomic E-state index is -0.0112. The lowest BCUT2D eigenvalue weighted by atomic mass is 10.1. The van der Waals surface area contributed by atoms with Gasteiger partial charge in [-0.3, -0.25) is 0 Å². The molecule has 1 aromatic heterocycles. The highest BCUT2D eigenvalue weighted by Crippen LogP contribution is 2.48. The van der Waals surface area contributed by atoms with Crippen LogP contribution in [0.15, 0.2) is 66.4 Å². The minimum absolute atomic E-state index is 0.0112. The third-order valence-corrected chi connectivity index (χ3v) is 6.13. The average molecular weight is 287 g/mol. The summed E-state index contributed by atoms with van der Waals surface area (Å²) in [5.74, 6) is 0. The SMILES string of the molecule is Cc1ccc(-[s+]2c3c(c4ccccc42)C=CC=C=C3)cc1. The van der Waals surface area contributed by atoms with Gasteiger partial charge in [0.1, 0.15) is 0 Å². The molecule has 0 radical (unpaired) electrons. The number of hydrogen-bond donors (Lipinski definition) is 0. The van der Waals surface area contributed by atoms with E-state index in [2.05, 4.69) is 79.4 Å². The molecule has 1 aliphatic carbocycles. The second-order valence-corrected chi connectivity index (χ2v) is 7.19. The first-order valence-electron chi connectivity index (χ1n) is 7.08. The molecule has 0 amide bonds. The molecule has 1 heteroatoms. The molecule has 0 aliphatic heterocycles. The van der Waals surface area contributed by atoms with Crippen LogP contribution >= 0.6 is 10.5 Å². The summed E-state index contributed by atoms with van der Waals surface area (Å²) in [6, 6.07) is 17.7. The van der Waals surface area contributed by atoms with E-state index in [0.29, 0.717) is 0 Å². The zero-order valence-corrected chi connectivity index (χ0v) is 12.7. The van der Waals surface area contributed by atoms with Crippen molar-refractivity contribution in [2.24, 2.45) is 0 Å². The molecule has 1 unspecified atom stereocenters. The molecular weight excluding hydrogens is 272 g/mol. The van der Waals surface area contributed by atoms with Crippen molar-refractivity contribution in [1.29, 1.82) is 0 Å². The van der Waals surface area contributed by atoms with Crippen LogP contribution in [0.3, 0.4) is 0 Å². The van der Waals surface area contributed by atoms with Gasteiger partial charge in [-0.25, -0.2) is 0 Å². The standard InChI is InChI=1S/C20H15S/c1-15-11-13-16(14-12-15)21-19-9-4-2-3-7-17(19)18-8-5-6-10-20(18)21/h2-3,5-14H,1H3/q+1. The molecule has 0 saturated heterocycles. The van der Waals surface area contributed by atoms with E-state index in [1.807, 2.05) is 6.08 Å². The molecule has 4 rings (SSSR count). The molecule has 1 aliphatic rings. The van der Waals surface area contributed by atoms with Crippen LogP contribution in [0.4, 0.5) is 0 Å². The number of thiophene rings is 1. The molecule has 21 heavy (non-hydrogen) atoms. The second kappa shape index (κ2) is 4.89. The summed E-state index contributed by atoms with van der Waals surface area (Å²) in [5.41, 5.74) is 5.93. The van der Waals surface area contributed by atoms with E-state index in [9.17, 15) is 0 Å². The van der Waals surface area contributed by atoms with Gasteiger partial charge < -0.3 is 0 Å². The number of hydrogen-bond acceptors (Lipinski definition) is 0. The Morgan fingerprint density at radius 3 is 2.62 bits per heavy atom. The van der Waals surface area contributed by atoms with Gasteiger partial charge in [0.05, 0.1) is 0 Å². The van der Waals surface area contributed by atoms with Crippen molar-refractivity contribution in [3.8, 4) is 4.90 Å². The zero-order valence-electron chi connectivity index (χ0n) is 11.8. The molecule has 0 bridgehead atoms. The van der Waals surface area contributed by atoms with Crippen molar-refractivity contribution in [3.05, 3.63) is 82.4 Å². The lowest BCUT2D eigenvalue weighted by molar-refractivity contribution is 1.49. The first-order valence-corrected chi connectivity index (χ1v) is 8.31. The fourth-order valence-electron chi connectivity index (χ4n) is 2.79. The molecule has 0 saturated carbocycles. The Hall–Kier alpha value is -2.34. The van der Waals surface area contributed by atoms with Gasteiger partial charge >= 0.3 is 0 Å². The maximum Gasteiger partial charge on any atom is 0.195 e. The monoisotopic (exact) mass is 287 g/mol. The van der Waals surface area contributed by atoms with Crippen molar-refractivity contribution in [3.63, 3.8) is 0 Å². The van der Waals surface area contributed by atoms with E-state index in [1.54, 1.807) is 0 Å². The summed E-state index contributed by atoms with van der Waals surface area (Å²) in [6.45, 7) is 2.14. The fourth-order valence-corrected chi connectivity index (χ4v) is 5.14. The molecular formula is C20H15S+. The van der Waals surface area contributed by atoms with Crippen molar-refractivity contribution < 1.29 is 0 Å². The molecule has 3 aromatic rings. The molecule has 0 N–H and O–H groups in total. The van der Waals surface area contributed by atoms with E-state index in [4.69, 9.17) is 0 Å². The van der Waals surface area contributed by atoms with Gasteiger partial charge in [-0.2, -0.15) is 0 Å². The van der Waals surface area contributed by atoms with Gasteiger partial charge in [0.2, 0.25) is 0 Å². The van der Waals surface area contributed by atoms with Crippen LogP contribution in [0.5, 0.6) is 0 Å². The van der Waals surface area contributed by atoms with Crippen LogP contribution in [0, 0.1) is 6.92 Å². The van der Waals surface area contributed by atoms with Gasteiger partial charge in [0.25, 0.3) is 0 Å². The summed E-state index contributed by atoms with van der Waals surface area (Å²) in [4.78, 5) is 2.76. The fraction of sp³-hybridized carbons (Fsp3) is 0.0500. The first kappa shape index (κ1) is 12.4. The Morgan fingerprint density at radius 1 is 0.952 bits per heavy atom. The molecule has 1 atom stereocenters. The smallest absolute Gasteiger partial charge is 0.115 e. The Labute approximate surface area is 127 Å². The highest BCUT2D eigenvalue weighted by molar-refractivity contribution is 7.46. The van der Waals surface area contributed by atoms with Crippen molar-refractivity contribution in [2.75, 3.05) is 0 Å². The predicted molar refractivity (Wildman–Crippen MR) is 94.1 cm³/mol. The maximum atomic E-state index is 3.28. The van der Waals surface area contributed by atoms with Crippen molar-refractivity contribution in [1.82, 2.24) is 0 Å². The third kappa shape index (κ3) is 1.99. The van der Waals surface area contributed by atoms with Crippen LogP contribution in [-0.4, -0.2) is 0 Å². The summed E-state index contributed by atoms with van der Waals surface area (Å²) in [6.07, 6.45) is 8.43. The highest BCUT2D eigenvalue weighted by atomic mass is 32.2. The number of rotatable bonds is 1. The van der Waals surface area contributed by atoms with E-state index >= 15 is 0 Å². The highest BCUT2D eigenvalue weighted by Gasteiger charge is 2.26. The lowest BCUT2D eigenvalue weighted by Gasteiger charge is -1.95. The molecule has 0 fully saturated rings. The average Bonchev–Trinajstić information content (AvgIpc) is 2.67. The normalized spacial score (nSPS) is 13.5. The van der Waals surface area contributed by atoms with Crippen LogP contribution < -0.4 is 0 Å². The van der Waals surface area contributed by atoms with Crippen LogP contribution in [0.2, 0.25) is 0 Å². The predicted octanol–water partition coefficient (Wildman–Crippen LogP) is 6.08. The Bertz CT molecular complexity index is 914. The minimum Gasteiger partial charge on any atom is -0.115 e. The van der Waals surface area contributed by atoms with Crippen molar-refractivity contribution in [2.45, 2.75) is 6.92 Å². The van der Waals surface area contributed by atoms with Crippen LogP contribution in [-0.2, 0) is 0 Å². The summed E-state index contributed by atoms with van der Waals surface area (Å²) < 4.78 is 1.43. The van der Waals surface area contributed by atoms with Gasteiger partial charge in [-0.1, -0.05) is 35.9 Å². The number of allylic oxidation sites excluding steroid dienone is 2. The molecule has 1 heterocycles. The quantitative estimate of drug-likeness (QED) is 0.376. The topological polar surface area (TPSA) is 0 Å². The summed E-state index contributed by atoms with van der Waals surface area (Å²) >= 11 is 0. The summed E-state index contributed by atoms with van der Waals surface area (Å²) in [5, 5.41) is 1.36. The lowest BCUT2D eigenvalue weighted by Crippen LogP contribution is -1.75. The maximum absolute atomic E-state index is 3.28. The van der Waals surface area contributed by atoms with Gasteiger partial charge in [0, 0.05) is 27.5 Å².